The molecule has 0 aliphatic rings. The highest BCUT2D eigenvalue weighted by Crippen LogP contribution is 2.29. The van der Waals surface area contributed by atoms with E-state index in [1.807, 2.05) is 5.32 Å². The third kappa shape index (κ3) is 4.56. The topological polar surface area (TPSA) is 64.6 Å². The number of amides is 1. The largest absolute Gasteiger partial charge is 0.444 e. The zero-order valence-electron chi connectivity index (χ0n) is 13.1. The number of halogens is 5. The lowest BCUT2D eigenvalue weighted by molar-refractivity contribution is -0.136. The van der Waals surface area contributed by atoms with Gasteiger partial charge < -0.3 is 14.8 Å². The lowest BCUT2D eigenvalue weighted by Gasteiger charge is -2.21. The summed E-state index contributed by atoms with van der Waals surface area (Å²) in [5, 5.41) is 1.99. The quantitative estimate of drug-likeness (QED) is 0.297. The lowest BCUT2D eigenvalue weighted by Crippen LogP contribution is -2.43. The van der Waals surface area contributed by atoms with Crippen LogP contribution in [-0.2, 0) is 9.53 Å². The molecule has 0 radical (unpaired) electrons. The molecule has 0 aliphatic heterocycles. The number of carbonyl (C=O) groups excluding carboxylic acids is 2. The minimum Gasteiger partial charge on any atom is -0.444 e. The van der Waals surface area contributed by atoms with Crippen molar-refractivity contribution in [2.24, 2.45) is 0 Å². The molecule has 10 heteroatoms. The van der Waals surface area contributed by atoms with Crippen LogP contribution in [0.5, 0.6) is 5.75 Å². The highest BCUT2D eigenvalue weighted by molar-refractivity contribution is 5.82. The van der Waals surface area contributed by atoms with Crippen molar-refractivity contribution in [2.75, 3.05) is 0 Å². The van der Waals surface area contributed by atoms with Gasteiger partial charge in [-0.3, -0.25) is 0 Å². The van der Waals surface area contributed by atoms with Crippen LogP contribution in [0.4, 0.5) is 26.7 Å². The molecule has 1 atom stereocenters. The van der Waals surface area contributed by atoms with Crippen molar-refractivity contribution in [3.8, 4) is 5.75 Å². The third-order valence-electron chi connectivity index (χ3n) is 2.46. The fourth-order valence-corrected chi connectivity index (χ4v) is 1.41. The molecule has 0 saturated carbocycles. The first-order chi connectivity index (χ1) is 10.8. The Morgan fingerprint density at radius 2 is 1.33 bits per heavy atom. The van der Waals surface area contributed by atoms with Gasteiger partial charge in [0.15, 0.2) is 0 Å². The van der Waals surface area contributed by atoms with E-state index in [4.69, 9.17) is 4.74 Å². The van der Waals surface area contributed by atoms with Gasteiger partial charge in [0, 0.05) is 0 Å². The van der Waals surface area contributed by atoms with Crippen molar-refractivity contribution in [1.82, 2.24) is 5.32 Å². The predicted molar refractivity (Wildman–Crippen MR) is 70.7 cm³/mol. The van der Waals surface area contributed by atoms with Crippen LogP contribution in [0.2, 0.25) is 0 Å². The van der Waals surface area contributed by atoms with Crippen molar-refractivity contribution >= 4 is 12.1 Å². The van der Waals surface area contributed by atoms with E-state index < -0.39 is 58.5 Å². The van der Waals surface area contributed by atoms with Gasteiger partial charge in [0.05, 0.1) is 0 Å². The Morgan fingerprint density at radius 3 is 1.75 bits per heavy atom. The molecule has 0 heterocycles. The minimum atomic E-state index is -2.38. The van der Waals surface area contributed by atoms with Crippen LogP contribution in [0.1, 0.15) is 27.7 Å². The zero-order chi connectivity index (χ0) is 18.8. The number of alkyl carbamates (subject to hydrolysis) is 1. The molecule has 1 amide bonds. The van der Waals surface area contributed by atoms with Gasteiger partial charge >= 0.3 is 12.1 Å². The normalized spacial score (nSPS) is 12.5. The Bertz CT molecular complexity index is 643. The maximum Gasteiger partial charge on any atom is 0.408 e. The second-order valence-corrected chi connectivity index (χ2v) is 5.69. The molecule has 0 saturated heterocycles. The Morgan fingerprint density at radius 1 is 0.917 bits per heavy atom. The number of benzene rings is 1. The molecule has 24 heavy (non-hydrogen) atoms. The molecule has 1 unspecified atom stereocenters. The first-order valence-corrected chi connectivity index (χ1v) is 6.57. The van der Waals surface area contributed by atoms with Gasteiger partial charge in [0.2, 0.25) is 34.8 Å². The van der Waals surface area contributed by atoms with Crippen LogP contribution in [0.15, 0.2) is 0 Å². The molecule has 1 rings (SSSR count). The van der Waals surface area contributed by atoms with E-state index >= 15 is 0 Å². The highest BCUT2D eigenvalue weighted by atomic mass is 19.2. The van der Waals surface area contributed by atoms with Crippen molar-refractivity contribution < 1.29 is 41.0 Å². The molecular weight excluding hydrogens is 341 g/mol. The van der Waals surface area contributed by atoms with Crippen LogP contribution in [0, 0.1) is 29.1 Å². The smallest absolute Gasteiger partial charge is 0.408 e. The van der Waals surface area contributed by atoms with Crippen molar-refractivity contribution in [3.05, 3.63) is 29.1 Å². The van der Waals surface area contributed by atoms with Gasteiger partial charge in [-0.25, -0.2) is 22.8 Å². The van der Waals surface area contributed by atoms with Crippen LogP contribution < -0.4 is 10.1 Å². The van der Waals surface area contributed by atoms with Gasteiger partial charge in [0.25, 0.3) is 0 Å². The summed E-state index contributed by atoms with van der Waals surface area (Å²) in [4.78, 5) is 23.1. The molecule has 1 aromatic carbocycles. The van der Waals surface area contributed by atoms with Crippen molar-refractivity contribution in [2.45, 2.75) is 39.3 Å². The van der Waals surface area contributed by atoms with Crippen molar-refractivity contribution in [3.63, 3.8) is 0 Å². The van der Waals surface area contributed by atoms with E-state index in [-0.39, 0.29) is 0 Å². The van der Waals surface area contributed by atoms with E-state index in [1.165, 1.54) is 0 Å². The molecular formula is C14H14F5NO4. The molecule has 1 aromatic rings. The van der Waals surface area contributed by atoms with Crippen LogP contribution in [-0.4, -0.2) is 23.7 Å². The molecule has 0 fully saturated rings. The standard InChI is InChI=1S/C14H14F5NO4/c1-5(20-13(22)24-14(2,3)4)12(21)23-11-9(18)7(16)6(15)8(17)10(11)19/h5H,1-4H3,(H,20,22). The lowest BCUT2D eigenvalue weighted by atomic mass is 10.2. The maximum absolute atomic E-state index is 13.4. The number of nitrogens with one attached hydrogen (secondary N) is 1. The van der Waals surface area contributed by atoms with Crippen LogP contribution >= 0.6 is 0 Å². The third-order valence-corrected chi connectivity index (χ3v) is 2.46. The van der Waals surface area contributed by atoms with Gasteiger partial charge in [-0.15, -0.1) is 0 Å². The second kappa shape index (κ2) is 7.02. The second-order valence-electron chi connectivity index (χ2n) is 5.69. The Labute approximate surface area is 133 Å². The molecule has 0 aliphatic carbocycles. The van der Waals surface area contributed by atoms with Gasteiger partial charge in [-0.05, 0) is 27.7 Å². The minimum absolute atomic E-state index is 0.880. The summed E-state index contributed by atoms with van der Waals surface area (Å²) in [5.74, 6) is -14.7. The summed E-state index contributed by atoms with van der Waals surface area (Å²) >= 11 is 0. The predicted octanol–water partition coefficient (Wildman–Crippen LogP) is 3.20. The summed E-state index contributed by atoms with van der Waals surface area (Å²) in [6.07, 6.45) is -1.04. The molecule has 134 valence electrons. The van der Waals surface area contributed by atoms with Crippen LogP contribution in [0.25, 0.3) is 0 Å². The number of esters is 1. The van der Waals surface area contributed by atoms with Gasteiger partial charge in [-0.2, -0.15) is 8.78 Å². The molecule has 0 bridgehead atoms. The summed E-state index contributed by atoms with van der Waals surface area (Å²) in [5.41, 5.74) is -0.880. The summed E-state index contributed by atoms with van der Waals surface area (Å²) in [7, 11) is 0. The fourth-order valence-electron chi connectivity index (χ4n) is 1.41. The number of hydrogen-bond donors (Lipinski definition) is 1. The highest BCUT2D eigenvalue weighted by Gasteiger charge is 2.30. The van der Waals surface area contributed by atoms with Crippen LogP contribution in [0.3, 0.4) is 0 Å². The first kappa shape index (κ1) is 19.7. The number of rotatable bonds is 3. The summed E-state index contributed by atoms with van der Waals surface area (Å²) in [6.45, 7) is 5.71. The Balaban J connectivity index is 2.91. The average molecular weight is 355 g/mol. The molecule has 0 aromatic heterocycles. The Kier molecular flexibility index (Phi) is 5.75. The number of ether oxygens (including phenoxy) is 2. The zero-order valence-corrected chi connectivity index (χ0v) is 13.1. The average Bonchev–Trinajstić information content (AvgIpc) is 2.45. The molecule has 1 N–H and O–H groups in total. The molecule has 0 spiro atoms. The van der Waals surface area contributed by atoms with Gasteiger partial charge in [0.1, 0.15) is 11.6 Å². The molecule has 5 nitrogen and oxygen atoms in total. The van der Waals surface area contributed by atoms with E-state index in [0.29, 0.717) is 0 Å². The first-order valence-electron chi connectivity index (χ1n) is 6.57. The number of carbonyl (C=O) groups is 2. The van der Waals surface area contributed by atoms with E-state index in [1.54, 1.807) is 20.8 Å². The monoisotopic (exact) mass is 355 g/mol. The van der Waals surface area contributed by atoms with Gasteiger partial charge in [-0.1, -0.05) is 0 Å². The maximum atomic E-state index is 13.4. The Hall–Kier alpha value is -2.39. The SMILES string of the molecule is CC(NC(=O)OC(C)(C)C)C(=O)Oc1c(F)c(F)c(F)c(F)c1F. The van der Waals surface area contributed by atoms with E-state index in [0.717, 1.165) is 6.92 Å². The summed E-state index contributed by atoms with van der Waals surface area (Å²) in [6, 6.07) is -1.48. The van der Waals surface area contributed by atoms with Crippen molar-refractivity contribution in [1.29, 1.82) is 0 Å². The van der Waals surface area contributed by atoms with E-state index in [2.05, 4.69) is 4.74 Å². The summed E-state index contributed by atoms with van der Waals surface area (Å²) < 4.78 is 74.7. The number of hydrogen-bond acceptors (Lipinski definition) is 4. The fraction of sp³-hybridized carbons (Fsp3) is 0.429. The van der Waals surface area contributed by atoms with E-state index in [9.17, 15) is 31.5 Å².